The first kappa shape index (κ1) is 33.4. The number of aryl methyl sites for hydroxylation is 2. The van der Waals surface area contributed by atoms with Crippen LogP contribution in [0, 0.1) is 13.8 Å². The molecule has 0 aliphatic carbocycles. The molecule has 1 aliphatic heterocycles. The first-order chi connectivity index (χ1) is 17.8. The molecule has 40 heavy (non-hydrogen) atoms. The molecule has 1 aliphatic rings. The maximum Gasteiger partial charge on any atom is 0.416 e. The molecular weight excluding hydrogens is 581 g/mol. The quantitative estimate of drug-likeness (QED) is 0.301. The van der Waals surface area contributed by atoms with Gasteiger partial charge in [0.1, 0.15) is 0 Å². The number of hydrogen-bond acceptors (Lipinski definition) is 3. The average Bonchev–Trinajstić information content (AvgIpc) is 3.37. The Labute approximate surface area is 241 Å². The summed E-state index contributed by atoms with van der Waals surface area (Å²) in [5.74, 6) is -0.843. The number of rotatable bonds is 6. The number of imidazole rings is 1. The largest absolute Gasteiger partial charge is 0.416 e. The number of benzene rings is 2. The van der Waals surface area contributed by atoms with E-state index in [0.717, 1.165) is 16.7 Å². The van der Waals surface area contributed by atoms with Crippen molar-refractivity contribution in [2.75, 3.05) is 26.2 Å². The molecule has 13 heteroatoms. The minimum absolute atomic E-state index is 0. The predicted octanol–water partition coefficient (Wildman–Crippen LogP) is 6.45. The van der Waals surface area contributed by atoms with E-state index in [-0.39, 0.29) is 37.4 Å². The summed E-state index contributed by atoms with van der Waals surface area (Å²) in [5.41, 5.74) is -0.533. The molecule has 0 saturated carbocycles. The first-order valence-electron chi connectivity index (χ1n) is 12.2. The highest BCUT2D eigenvalue weighted by molar-refractivity contribution is 5.95. The Morgan fingerprint density at radius 3 is 2.10 bits per heavy atom. The van der Waals surface area contributed by atoms with Gasteiger partial charge in [-0.05, 0) is 55.2 Å². The van der Waals surface area contributed by atoms with E-state index in [4.69, 9.17) is 0 Å². The van der Waals surface area contributed by atoms with Crippen molar-refractivity contribution in [3.05, 3.63) is 88.5 Å². The van der Waals surface area contributed by atoms with Gasteiger partial charge >= 0.3 is 12.4 Å². The van der Waals surface area contributed by atoms with Crippen molar-refractivity contribution >= 4 is 30.7 Å². The van der Waals surface area contributed by atoms with Crippen LogP contribution in [0.5, 0.6) is 0 Å². The molecule has 1 aromatic heterocycles. The third-order valence-corrected chi connectivity index (χ3v) is 6.94. The van der Waals surface area contributed by atoms with E-state index in [2.05, 4.69) is 9.88 Å². The number of hydrogen-bond donors (Lipinski definition) is 0. The molecule has 0 unspecified atom stereocenters. The Bertz CT molecular complexity index is 1250. The van der Waals surface area contributed by atoms with Crippen molar-refractivity contribution in [1.29, 1.82) is 0 Å². The monoisotopic (exact) mass is 610 g/mol. The maximum atomic E-state index is 13.5. The highest BCUT2D eigenvalue weighted by atomic mass is 35.5. The van der Waals surface area contributed by atoms with Crippen molar-refractivity contribution in [3.63, 3.8) is 0 Å². The molecule has 1 amide bonds. The number of alkyl halides is 6. The molecular formula is C27H30Cl2F6N4O. The maximum absolute atomic E-state index is 13.5. The summed E-state index contributed by atoms with van der Waals surface area (Å²) < 4.78 is 82.5. The van der Waals surface area contributed by atoms with Gasteiger partial charge < -0.3 is 9.47 Å². The zero-order chi connectivity index (χ0) is 27.7. The van der Waals surface area contributed by atoms with Crippen molar-refractivity contribution < 1.29 is 31.1 Å². The number of aromatic nitrogens is 2. The van der Waals surface area contributed by atoms with Crippen LogP contribution in [0.4, 0.5) is 26.3 Å². The molecule has 1 saturated heterocycles. The number of carbonyl (C=O) groups excluding carboxylic acids is 1. The lowest BCUT2D eigenvalue weighted by molar-refractivity contribution is -0.143. The van der Waals surface area contributed by atoms with Crippen LogP contribution in [0.3, 0.4) is 0 Å². The van der Waals surface area contributed by atoms with Gasteiger partial charge in [0.2, 0.25) is 0 Å². The van der Waals surface area contributed by atoms with E-state index >= 15 is 0 Å². The van der Waals surface area contributed by atoms with Gasteiger partial charge in [-0.15, -0.1) is 24.8 Å². The van der Waals surface area contributed by atoms with Crippen LogP contribution >= 0.6 is 24.8 Å². The van der Waals surface area contributed by atoms with Crippen LogP contribution in [-0.4, -0.2) is 57.5 Å². The number of carbonyl (C=O) groups is 1. The van der Waals surface area contributed by atoms with Gasteiger partial charge in [0, 0.05) is 56.7 Å². The van der Waals surface area contributed by atoms with E-state index in [0.29, 0.717) is 44.7 Å². The second kappa shape index (κ2) is 13.3. The van der Waals surface area contributed by atoms with Crippen LogP contribution in [0.25, 0.3) is 0 Å². The molecule has 0 radical (unpaired) electrons. The lowest BCUT2D eigenvalue weighted by Crippen LogP contribution is -2.56. The summed E-state index contributed by atoms with van der Waals surface area (Å²) in [6.07, 6.45) is -4.44. The summed E-state index contributed by atoms with van der Waals surface area (Å²) in [6.45, 7) is 6.29. The lowest BCUT2D eigenvalue weighted by Gasteiger charge is -2.42. The number of amides is 1. The average molecular weight is 611 g/mol. The van der Waals surface area contributed by atoms with Crippen LogP contribution in [-0.2, 0) is 25.3 Å². The van der Waals surface area contributed by atoms with E-state index < -0.39 is 41.0 Å². The van der Waals surface area contributed by atoms with Crippen LogP contribution in [0.2, 0.25) is 0 Å². The van der Waals surface area contributed by atoms with Crippen molar-refractivity contribution in [3.8, 4) is 0 Å². The zero-order valence-corrected chi connectivity index (χ0v) is 23.4. The topological polar surface area (TPSA) is 41.4 Å². The fraction of sp³-hybridized carbons (Fsp3) is 0.407. The lowest BCUT2D eigenvalue weighted by atomic mass is 9.97. The highest BCUT2D eigenvalue weighted by Crippen LogP contribution is 2.37. The van der Waals surface area contributed by atoms with Crippen LogP contribution in [0.1, 0.15) is 38.2 Å². The SMILES string of the molecule is Cc1ccc(C[C@@H]2CN(CCn3ccnc3)CCN2C(=O)c2cc(C(F)(F)F)cc(C(F)(F)F)c2)cc1C.Cl.Cl. The summed E-state index contributed by atoms with van der Waals surface area (Å²) >= 11 is 0. The minimum Gasteiger partial charge on any atom is -0.336 e. The predicted molar refractivity (Wildman–Crippen MR) is 144 cm³/mol. The van der Waals surface area contributed by atoms with Crippen molar-refractivity contribution in [2.24, 2.45) is 0 Å². The van der Waals surface area contributed by atoms with Gasteiger partial charge in [-0.1, -0.05) is 18.2 Å². The van der Waals surface area contributed by atoms with Gasteiger partial charge in [0.15, 0.2) is 0 Å². The molecule has 2 aromatic carbocycles. The number of nitrogens with zero attached hydrogens (tertiary/aromatic N) is 4. The molecule has 5 nitrogen and oxygen atoms in total. The smallest absolute Gasteiger partial charge is 0.336 e. The summed E-state index contributed by atoms with van der Waals surface area (Å²) in [7, 11) is 0. The fourth-order valence-corrected chi connectivity index (χ4v) is 4.69. The standard InChI is InChI=1S/C27H28F6N4O.2ClH/c1-18-3-4-20(11-19(18)2)12-24-16-35(7-8-36-6-5-34-17-36)9-10-37(24)25(38)21-13-22(26(28,29)30)15-23(14-21)27(31,32)33;;/h3-6,11,13-15,17,24H,7-10,12,16H2,1-2H3;2*1H/t24-;;/m1../s1. The molecule has 2 heterocycles. The highest BCUT2D eigenvalue weighted by Gasteiger charge is 2.39. The molecule has 4 rings (SSSR count). The van der Waals surface area contributed by atoms with Gasteiger partial charge in [0.05, 0.1) is 17.5 Å². The van der Waals surface area contributed by atoms with E-state index in [1.807, 2.05) is 42.8 Å². The van der Waals surface area contributed by atoms with Gasteiger partial charge in [-0.2, -0.15) is 26.3 Å². The molecule has 3 aromatic rings. The molecule has 220 valence electrons. The zero-order valence-electron chi connectivity index (χ0n) is 21.8. The van der Waals surface area contributed by atoms with Crippen molar-refractivity contribution in [2.45, 2.75) is 45.2 Å². The number of halogens is 8. The van der Waals surface area contributed by atoms with Crippen molar-refractivity contribution in [1.82, 2.24) is 19.4 Å². The van der Waals surface area contributed by atoms with E-state index in [9.17, 15) is 31.1 Å². The molecule has 0 bridgehead atoms. The Balaban J connectivity index is 0.00000280. The minimum atomic E-state index is -5.03. The molecule has 1 fully saturated rings. The summed E-state index contributed by atoms with van der Waals surface area (Å²) in [5, 5.41) is 0. The summed E-state index contributed by atoms with van der Waals surface area (Å²) in [6, 6.07) is 6.50. The molecule has 0 spiro atoms. The third kappa shape index (κ3) is 8.14. The summed E-state index contributed by atoms with van der Waals surface area (Å²) in [4.78, 5) is 21.1. The Morgan fingerprint density at radius 2 is 1.55 bits per heavy atom. The number of piperazine rings is 1. The first-order valence-corrected chi connectivity index (χ1v) is 12.2. The third-order valence-electron chi connectivity index (χ3n) is 6.94. The fourth-order valence-electron chi connectivity index (χ4n) is 4.69. The second-order valence-corrected chi connectivity index (χ2v) is 9.67. The van der Waals surface area contributed by atoms with Crippen LogP contribution < -0.4 is 0 Å². The normalized spacial score (nSPS) is 16.3. The van der Waals surface area contributed by atoms with Gasteiger partial charge in [0.25, 0.3) is 5.91 Å². The second-order valence-electron chi connectivity index (χ2n) is 9.67. The van der Waals surface area contributed by atoms with Crippen LogP contribution in [0.15, 0.2) is 55.1 Å². The molecule has 0 N–H and O–H groups in total. The Hall–Kier alpha value is -2.76. The molecule has 1 atom stereocenters. The van der Waals surface area contributed by atoms with E-state index in [1.54, 1.807) is 12.5 Å². The van der Waals surface area contributed by atoms with Gasteiger partial charge in [-0.25, -0.2) is 4.98 Å². The van der Waals surface area contributed by atoms with Gasteiger partial charge in [-0.3, -0.25) is 9.69 Å². The Kier molecular flexibility index (Phi) is 11.1. The Morgan fingerprint density at radius 1 is 0.900 bits per heavy atom. The van der Waals surface area contributed by atoms with E-state index in [1.165, 1.54) is 4.90 Å².